The minimum absolute atomic E-state index is 0.0558. The number of halogens is 3. The van der Waals surface area contributed by atoms with Crippen molar-refractivity contribution in [2.24, 2.45) is 11.7 Å². The minimum Gasteiger partial charge on any atom is -0.491 e. The van der Waals surface area contributed by atoms with Crippen molar-refractivity contribution in [3.05, 3.63) is 23.8 Å². The number of nitrogens with one attached hydrogen (secondary N) is 1. The molecule has 0 saturated carbocycles. The van der Waals surface area contributed by atoms with Crippen molar-refractivity contribution >= 4 is 58.6 Å². The number of likely N-dealkylation sites (tertiary alicyclic amines) is 1. The Morgan fingerprint density at radius 2 is 1.82 bits per heavy atom. The average molecular weight is 611 g/mol. The van der Waals surface area contributed by atoms with E-state index in [-0.39, 0.29) is 18.2 Å². The highest BCUT2D eigenvalue weighted by atomic mass is 35.6. The molecular formula is C26H38Cl3N3O7. The molecule has 1 aliphatic heterocycles. The third-order valence-electron chi connectivity index (χ3n) is 5.95. The molecule has 2 rings (SSSR count). The van der Waals surface area contributed by atoms with Crippen molar-refractivity contribution in [2.75, 3.05) is 31.6 Å². The molecule has 0 aliphatic carbocycles. The molecule has 0 unspecified atom stereocenters. The summed E-state index contributed by atoms with van der Waals surface area (Å²) in [5, 5.41) is 11.7. The van der Waals surface area contributed by atoms with Gasteiger partial charge in [-0.2, -0.15) is 0 Å². The fourth-order valence-electron chi connectivity index (χ4n) is 4.01. The standard InChI is InChI=1S/C26H38Cl3N3O7/c1-25(2,3)39-24(36)32-11-9-17(10-12-32)6-4-5-13-37-21-8-7-18(14-19(30)22(33)34)15-20(21)31-23(35)38-16-26(27,28)29/h7-8,15,17,19H,4-6,9-14,16,30H2,1-3H3,(H,31,35)(H,33,34)/t19-/m0/s1. The zero-order chi connectivity index (χ0) is 29.2. The summed E-state index contributed by atoms with van der Waals surface area (Å²) in [4.78, 5) is 37.4. The Morgan fingerprint density at radius 3 is 2.41 bits per heavy atom. The van der Waals surface area contributed by atoms with Crippen molar-refractivity contribution in [3.63, 3.8) is 0 Å². The van der Waals surface area contributed by atoms with Gasteiger partial charge in [-0.3, -0.25) is 10.1 Å². The van der Waals surface area contributed by atoms with Crippen molar-refractivity contribution in [1.82, 2.24) is 4.90 Å². The van der Waals surface area contributed by atoms with Crippen LogP contribution in [0.5, 0.6) is 5.75 Å². The quantitative estimate of drug-likeness (QED) is 0.212. The molecule has 1 saturated heterocycles. The fraction of sp³-hybridized carbons (Fsp3) is 0.654. The van der Waals surface area contributed by atoms with Gasteiger partial charge >= 0.3 is 18.2 Å². The van der Waals surface area contributed by atoms with Gasteiger partial charge in [0.25, 0.3) is 0 Å². The van der Waals surface area contributed by atoms with Gasteiger partial charge in [0.05, 0.1) is 12.3 Å². The number of hydrogen-bond acceptors (Lipinski definition) is 7. The molecule has 220 valence electrons. The highest BCUT2D eigenvalue weighted by molar-refractivity contribution is 6.67. The summed E-state index contributed by atoms with van der Waals surface area (Å²) in [6.45, 7) is 6.91. The van der Waals surface area contributed by atoms with Gasteiger partial charge in [-0.1, -0.05) is 47.3 Å². The number of anilines is 1. The van der Waals surface area contributed by atoms with E-state index in [1.807, 2.05) is 20.8 Å². The lowest BCUT2D eigenvalue weighted by atomic mass is 9.92. The molecule has 1 aliphatic rings. The molecule has 1 atom stereocenters. The van der Waals surface area contributed by atoms with Crippen LogP contribution in [0.15, 0.2) is 18.2 Å². The number of alkyl halides is 3. The van der Waals surface area contributed by atoms with E-state index in [1.165, 1.54) is 0 Å². The first-order valence-electron chi connectivity index (χ1n) is 12.9. The maximum Gasteiger partial charge on any atom is 0.411 e. The van der Waals surface area contributed by atoms with Crippen LogP contribution in [0.3, 0.4) is 0 Å². The fourth-order valence-corrected chi connectivity index (χ4v) is 4.17. The van der Waals surface area contributed by atoms with Crippen LogP contribution in [0.25, 0.3) is 0 Å². The number of ether oxygens (including phenoxy) is 3. The molecule has 13 heteroatoms. The first-order chi connectivity index (χ1) is 18.1. The van der Waals surface area contributed by atoms with Crippen LogP contribution in [0, 0.1) is 5.92 Å². The lowest BCUT2D eigenvalue weighted by molar-refractivity contribution is -0.138. The van der Waals surface area contributed by atoms with Gasteiger partial charge in [-0.25, -0.2) is 9.59 Å². The summed E-state index contributed by atoms with van der Waals surface area (Å²) in [5.41, 5.74) is 6.02. The minimum atomic E-state index is -1.76. The Hall–Kier alpha value is -2.14. The van der Waals surface area contributed by atoms with Gasteiger partial charge in [-0.05, 0) is 76.5 Å². The van der Waals surface area contributed by atoms with Crippen molar-refractivity contribution in [2.45, 2.75) is 74.7 Å². The second-order valence-corrected chi connectivity index (χ2v) is 13.1. The molecule has 1 heterocycles. The number of amides is 2. The number of piperidine rings is 1. The molecule has 0 bridgehead atoms. The number of hydrogen-bond donors (Lipinski definition) is 3. The predicted molar refractivity (Wildman–Crippen MR) is 151 cm³/mol. The molecule has 1 fully saturated rings. The second-order valence-electron chi connectivity index (χ2n) is 10.6. The zero-order valence-electron chi connectivity index (χ0n) is 22.5. The summed E-state index contributed by atoms with van der Waals surface area (Å²) in [7, 11) is 0. The molecule has 0 aromatic heterocycles. The maximum atomic E-state index is 12.2. The van der Waals surface area contributed by atoms with Crippen LogP contribution >= 0.6 is 34.8 Å². The molecule has 2 amide bonds. The Morgan fingerprint density at radius 1 is 1.15 bits per heavy atom. The van der Waals surface area contributed by atoms with Crippen molar-refractivity contribution < 1.29 is 33.7 Å². The van der Waals surface area contributed by atoms with Crippen LogP contribution in [0.4, 0.5) is 15.3 Å². The van der Waals surface area contributed by atoms with Crippen LogP contribution < -0.4 is 15.8 Å². The van der Waals surface area contributed by atoms with E-state index in [2.05, 4.69) is 5.32 Å². The third kappa shape index (κ3) is 13.2. The summed E-state index contributed by atoms with van der Waals surface area (Å²) >= 11 is 16.9. The summed E-state index contributed by atoms with van der Waals surface area (Å²) in [6, 6.07) is 3.81. The van der Waals surface area contributed by atoms with Gasteiger partial charge in [0, 0.05) is 13.1 Å². The van der Waals surface area contributed by atoms with Crippen molar-refractivity contribution in [3.8, 4) is 5.75 Å². The number of unbranched alkanes of at least 4 members (excludes halogenated alkanes) is 1. The number of nitrogens with zero attached hydrogens (tertiary/aromatic N) is 1. The molecule has 39 heavy (non-hydrogen) atoms. The summed E-state index contributed by atoms with van der Waals surface area (Å²) in [6.07, 6.45) is 3.56. The van der Waals surface area contributed by atoms with Crippen LogP contribution in [-0.4, -0.2) is 69.9 Å². The Balaban J connectivity index is 1.85. The predicted octanol–water partition coefficient (Wildman–Crippen LogP) is 5.76. The number of carbonyl (C=O) groups is 3. The molecule has 0 radical (unpaired) electrons. The zero-order valence-corrected chi connectivity index (χ0v) is 24.8. The molecular weight excluding hydrogens is 573 g/mol. The van der Waals surface area contributed by atoms with Gasteiger partial charge in [0.1, 0.15) is 24.0 Å². The van der Waals surface area contributed by atoms with Crippen LogP contribution in [-0.2, 0) is 20.7 Å². The second kappa shape index (κ2) is 15.0. The molecule has 0 spiro atoms. The van der Waals surface area contributed by atoms with Crippen molar-refractivity contribution in [1.29, 1.82) is 0 Å². The van der Waals surface area contributed by atoms with E-state index >= 15 is 0 Å². The van der Waals surface area contributed by atoms with E-state index in [1.54, 1.807) is 23.1 Å². The maximum absolute atomic E-state index is 12.2. The number of aliphatic carboxylic acids is 1. The third-order valence-corrected chi connectivity index (χ3v) is 6.28. The lowest BCUT2D eigenvalue weighted by Gasteiger charge is -2.33. The number of carbonyl (C=O) groups excluding carboxylic acids is 2. The Labute approximate surface area is 244 Å². The van der Waals surface area contributed by atoms with Crippen LogP contribution in [0.1, 0.15) is 58.4 Å². The summed E-state index contributed by atoms with van der Waals surface area (Å²) < 4.78 is 14.5. The van der Waals surface area contributed by atoms with E-state index < -0.39 is 34.1 Å². The Bertz CT molecular complexity index is 975. The van der Waals surface area contributed by atoms with Gasteiger partial charge in [0.2, 0.25) is 3.79 Å². The largest absolute Gasteiger partial charge is 0.491 e. The van der Waals surface area contributed by atoms with E-state index in [0.717, 1.165) is 32.1 Å². The number of carboxylic acid groups (broad SMARTS) is 1. The van der Waals surface area contributed by atoms with Gasteiger partial charge < -0.3 is 30.0 Å². The monoisotopic (exact) mass is 609 g/mol. The highest BCUT2D eigenvalue weighted by Crippen LogP contribution is 2.29. The number of carboxylic acids is 1. The number of rotatable bonds is 11. The number of nitrogens with two attached hydrogens (primary N) is 1. The van der Waals surface area contributed by atoms with Gasteiger partial charge in [0.15, 0.2) is 0 Å². The molecule has 1 aromatic carbocycles. The summed E-state index contributed by atoms with van der Waals surface area (Å²) in [5.74, 6) is -0.215. The van der Waals surface area contributed by atoms with E-state index in [4.69, 9.17) is 59.9 Å². The average Bonchev–Trinajstić information content (AvgIpc) is 2.82. The lowest BCUT2D eigenvalue weighted by Crippen LogP contribution is -2.41. The first kappa shape index (κ1) is 33.1. The first-order valence-corrected chi connectivity index (χ1v) is 14.0. The molecule has 1 aromatic rings. The smallest absolute Gasteiger partial charge is 0.411 e. The Kier molecular flexibility index (Phi) is 12.7. The number of benzene rings is 1. The topological polar surface area (TPSA) is 140 Å². The molecule has 4 N–H and O–H groups in total. The SMILES string of the molecule is CC(C)(C)OC(=O)N1CCC(CCCCOc2ccc(C[C@H](N)C(=O)O)cc2NC(=O)OCC(Cl)(Cl)Cl)CC1. The normalized spacial score (nSPS) is 15.4. The van der Waals surface area contributed by atoms with E-state index in [9.17, 15) is 14.4 Å². The van der Waals surface area contributed by atoms with E-state index in [0.29, 0.717) is 36.9 Å². The molecule has 10 nitrogen and oxygen atoms in total. The highest BCUT2D eigenvalue weighted by Gasteiger charge is 2.27. The van der Waals surface area contributed by atoms with Gasteiger partial charge in [-0.15, -0.1) is 0 Å². The van der Waals surface area contributed by atoms with Crippen LogP contribution in [0.2, 0.25) is 0 Å².